The Hall–Kier alpha value is -0.860. The van der Waals surface area contributed by atoms with Crippen molar-refractivity contribution in [1.29, 1.82) is 0 Å². The number of ether oxygens (including phenoxy) is 1. The summed E-state index contributed by atoms with van der Waals surface area (Å²) in [6.45, 7) is 6.03. The molecule has 0 aliphatic carbocycles. The Labute approximate surface area is 85.8 Å². The third kappa shape index (κ3) is 5.00. The van der Waals surface area contributed by atoms with E-state index in [1.807, 2.05) is 13.8 Å². The number of carbonyl (C=O) groups is 2. The van der Waals surface area contributed by atoms with Gasteiger partial charge in [-0.1, -0.05) is 13.8 Å². The zero-order valence-electron chi connectivity index (χ0n) is 9.34. The molecule has 0 N–H and O–H groups in total. The molecule has 1 atom stereocenters. The summed E-state index contributed by atoms with van der Waals surface area (Å²) in [5.74, 6) is 0.0797. The predicted octanol–water partition coefficient (Wildman–Crippen LogP) is 2.33. The van der Waals surface area contributed by atoms with Crippen LogP contribution in [0.3, 0.4) is 0 Å². The van der Waals surface area contributed by atoms with Gasteiger partial charge in [0.15, 0.2) is 0 Å². The molecule has 0 aromatic rings. The molecule has 3 heteroatoms. The second-order valence-electron chi connectivity index (χ2n) is 3.27. The van der Waals surface area contributed by atoms with Crippen LogP contribution >= 0.6 is 0 Å². The maximum absolute atomic E-state index is 11.4. The van der Waals surface area contributed by atoms with Crippen molar-refractivity contribution in [2.45, 2.75) is 46.5 Å². The van der Waals surface area contributed by atoms with Gasteiger partial charge in [0.25, 0.3) is 0 Å². The van der Waals surface area contributed by atoms with Crippen molar-refractivity contribution in [2.24, 2.45) is 5.92 Å². The van der Waals surface area contributed by atoms with Crippen molar-refractivity contribution in [2.75, 3.05) is 6.61 Å². The molecular formula is C11H20O3. The topological polar surface area (TPSA) is 43.4 Å². The molecule has 14 heavy (non-hydrogen) atoms. The zero-order chi connectivity index (χ0) is 11.0. The fraction of sp³-hybridized carbons (Fsp3) is 0.818. The molecular weight excluding hydrogens is 180 g/mol. The minimum atomic E-state index is -0.199. The normalized spacial score (nSPS) is 12.2. The van der Waals surface area contributed by atoms with Gasteiger partial charge >= 0.3 is 5.97 Å². The van der Waals surface area contributed by atoms with E-state index in [-0.39, 0.29) is 17.7 Å². The number of esters is 1. The highest BCUT2D eigenvalue weighted by atomic mass is 16.5. The lowest BCUT2D eigenvalue weighted by Gasteiger charge is -2.11. The van der Waals surface area contributed by atoms with Crippen LogP contribution in [0.25, 0.3) is 0 Å². The van der Waals surface area contributed by atoms with Crippen molar-refractivity contribution in [3.63, 3.8) is 0 Å². The summed E-state index contributed by atoms with van der Waals surface area (Å²) in [7, 11) is 0. The lowest BCUT2D eigenvalue weighted by Crippen LogP contribution is -2.15. The summed E-state index contributed by atoms with van der Waals surface area (Å²) in [4.78, 5) is 22.4. The average molecular weight is 200 g/mol. The van der Waals surface area contributed by atoms with E-state index in [2.05, 4.69) is 0 Å². The summed E-state index contributed by atoms with van der Waals surface area (Å²) in [5.41, 5.74) is 0. The standard InChI is InChI=1S/C11H20O3/c1-4-9(10(12)5-2)7-8-11(13)14-6-3/h9H,4-8H2,1-3H3. The summed E-state index contributed by atoms with van der Waals surface area (Å²) in [6.07, 6.45) is 2.35. The minimum Gasteiger partial charge on any atom is -0.466 e. The van der Waals surface area contributed by atoms with Crippen LogP contribution in [-0.2, 0) is 14.3 Å². The molecule has 0 saturated heterocycles. The lowest BCUT2D eigenvalue weighted by atomic mass is 9.94. The van der Waals surface area contributed by atoms with Crippen LogP contribution in [0.2, 0.25) is 0 Å². The van der Waals surface area contributed by atoms with Gasteiger partial charge in [-0.25, -0.2) is 0 Å². The number of ketones is 1. The molecule has 1 unspecified atom stereocenters. The Morgan fingerprint density at radius 1 is 1.21 bits per heavy atom. The molecule has 0 aromatic heterocycles. The molecule has 0 aromatic carbocycles. The first-order chi connectivity index (χ1) is 6.65. The van der Waals surface area contributed by atoms with Crippen LogP contribution < -0.4 is 0 Å². The first kappa shape index (κ1) is 13.1. The van der Waals surface area contributed by atoms with Gasteiger partial charge in [0.05, 0.1) is 6.61 Å². The zero-order valence-corrected chi connectivity index (χ0v) is 9.34. The fourth-order valence-electron chi connectivity index (χ4n) is 1.41. The molecule has 0 aliphatic heterocycles. The SMILES string of the molecule is CCOC(=O)CCC(CC)C(=O)CC. The Morgan fingerprint density at radius 3 is 2.29 bits per heavy atom. The second kappa shape index (κ2) is 7.54. The van der Waals surface area contributed by atoms with Crippen LogP contribution in [-0.4, -0.2) is 18.4 Å². The first-order valence-electron chi connectivity index (χ1n) is 5.33. The molecule has 82 valence electrons. The molecule has 0 heterocycles. The summed E-state index contributed by atoms with van der Waals surface area (Å²) in [6, 6.07) is 0. The number of rotatable bonds is 7. The van der Waals surface area contributed by atoms with E-state index in [1.165, 1.54) is 0 Å². The maximum atomic E-state index is 11.4. The first-order valence-corrected chi connectivity index (χ1v) is 5.33. The average Bonchev–Trinajstić information content (AvgIpc) is 2.18. The Kier molecular flexibility index (Phi) is 7.07. The van der Waals surface area contributed by atoms with E-state index >= 15 is 0 Å². The molecule has 0 radical (unpaired) electrons. The largest absolute Gasteiger partial charge is 0.466 e. The third-order valence-corrected chi connectivity index (χ3v) is 2.30. The van der Waals surface area contributed by atoms with Crippen molar-refractivity contribution in [3.8, 4) is 0 Å². The Morgan fingerprint density at radius 2 is 1.86 bits per heavy atom. The van der Waals surface area contributed by atoms with E-state index < -0.39 is 0 Å². The van der Waals surface area contributed by atoms with E-state index in [0.29, 0.717) is 25.9 Å². The van der Waals surface area contributed by atoms with Crippen molar-refractivity contribution < 1.29 is 14.3 Å². The van der Waals surface area contributed by atoms with Gasteiger partial charge in [0.2, 0.25) is 0 Å². The number of hydrogen-bond acceptors (Lipinski definition) is 3. The molecule has 0 rings (SSSR count). The van der Waals surface area contributed by atoms with Crippen LogP contribution in [0.5, 0.6) is 0 Å². The van der Waals surface area contributed by atoms with E-state index in [1.54, 1.807) is 6.92 Å². The van der Waals surface area contributed by atoms with Crippen molar-refractivity contribution >= 4 is 11.8 Å². The molecule has 0 spiro atoms. The molecule has 0 amide bonds. The lowest BCUT2D eigenvalue weighted by molar-refractivity contribution is -0.143. The van der Waals surface area contributed by atoms with Crippen LogP contribution in [0.1, 0.15) is 46.5 Å². The number of Topliss-reactive ketones (excluding diaryl/α,β-unsaturated/α-hetero) is 1. The third-order valence-electron chi connectivity index (χ3n) is 2.30. The highest BCUT2D eigenvalue weighted by Crippen LogP contribution is 2.14. The molecule has 0 bridgehead atoms. The minimum absolute atomic E-state index is 0.0319. The van der Waals surface area contributed by atoms with Gasteiger partial charge in [0.1, 0.15) is 5.78 Å². The summed E-state index contributed by atoms with van der Waals surface area (Å²) >= 11 is 0. The Balaban J connectivity index is 3.83. The fourth-order valence-corrected chi connectivity index (χ4v) is 1.41. The predicted molar refractivity (Wildman–Crippen MR) is 54.9 cm³/mol. The highest BCUT2D eigenvalue weighted by molar-refractivity contribution is 5.81. The molecule has 0 saturated carbocycles. The molecule has 3 nitrogen and oxygen atoms in total. The Bertz CT molecular complexity index is 187. The van der Waals surface area contributed by atoms with Gasteiger partial charge < -0.3 is 4.74 Å². The quantitative estimate of drug-likeness (QED) is 0.592. The highest BCUT2D eigenvalue weighted by Gasteiger charge is 2.16. The number of hydrogen-bond donors (Lipinski definition) is 0. The summed E-state index contributed by atoms with van der Waals surface area (Å²) < 4.78 is 4.80. The van der Waals surface area contributed by atoms with Crippen molar-refractivity contribution in [3.05, 3.63) is 0 Å². The van der Waals surface area contributed by atoms with Crippen LogP contribution in [0.4, 0.5) is 0 Å². The summed E-state index contributed by atoms with van der Waals surface area (Å²) in [5, 5.41) is 0. The second-order valence-corrected chi connectivity index (χ2v) is 3.27. The van der Waals surface area contributed by atoms with Gasteiger partial charge in [-0.15, -0.1) is 0 Å². The van der Waals surface area contributed by atoms with E-state index in [9.17, 15) is 9.59 Å². The number of carbonyl (C=O) groups excluding carboxylic acids is 2. The van der Waals surface area contributed by atoms with E-state index in [0.717, 1.165) is 6.42 Å². The van der Waals surface area contributed by atoms with Gasteiger partial charge in [0, 0.05) is 18.8 Å². The van der Waals surface area contributed by atoms with Gasteiger partial charge in [-0.05, 0) is 19.8 Å². The van der Waals surface area contributed by atoms with Gasteiger partial charge in [-0.2, -0.15) is 0 Å². The van der Waals surface area contributed by atoms with Crippen LogP contribution in [0, 0.1) is 5.92 Å². The monoisotopic (exact) mass is 200 g/mol. The van der Waals surface area contributed by atoms with Crippen LogP contribution in [0.15, 0.2) is 0 Å². The molecule has 0 fully saturated rings. The maximum Gasteiger partial charge on any atom is 0.305 e. The smallest absolute Gasteiger partial charge is 0.305 e. The van der Waals surface area contributed by atoms with Crippen molar-refractivity contribution in [1.82, 2.24) is 0 Å². The van der Waals surface area contributed by atoms with Gasteiger partial charge in [-0.3, -0.25) is 9.59 Å². The molecule has 0 aliphatic rings. The van der Waals surface area contributed by atoms with E-state index in [4.69, 9.17) is 4.74 Å².